The van der Waals surface area contributed by atoms with Crippen molar-refractivity contribution in [3.8, 4) is 16.9 Å². The number of sulfonamides is 1. The molecule has 1 atom stereocenters. The largest absolute Gasteiger partial charge is 0.486 e. The molecule has 0 aliphatic carbocycles. The van der Waals surface area contributed by atoms with Gasteiger partial charge in [-0.25, -0.2) is 17.2 Å². The van der Waals surface area contributed by atoms with E-state index >= 15 is 0 Å². The lowest BCUT2D eigenvalue weighted by Crippen LogP contribution is -2.43. The first-order valence-electron chi connectivity index (χ1n) is 10.5. The number of halogens is 2. The quantitative estimate of drug-likeness (QED) is 0.492. The number of ketones is 1. The van der Waals surface area contributed by atoms with Crippen LogP contribution in [-0.4, -0.2) is 26.8 Å². The van der Waals surface area contributed by atoms with Crippen LogP contribution in [0.2, 0.25) is 0 Å². The lowest BCUT2D eigenvalue weighted by Gasteiger charge is -2.36. The second kappa shape index (κ2) is 8.94. The third kappa shape index (κ3) is 4.75. The lowest BCUT2D eigenvalue weighted by atomic mass is 10.0. The highest BCUT2D eigenvalue weighted by Crippen LogP contribution is 2.41. The van der Waals surface area contributed by atoms with E-state index in [0.717, 1.165) is 23.8 Å². The summed E-state index contributed by atoms with van der Waals surface area (Å²) in [5, 5.41) is 0. The molecule has 0 unspecified atom stereocenters. The second-order valence-corrected chi connectivity index (χ2v) is 10.0. The third-order valence-electron chi connectivity index (χ3n) is 5.53. The van der Waals surface area contributed by atoms with Crippen molar-refractivity contribution >= 4 is 21.5 Å². The number of anilines is 1. The number of benzene rings is 3. The molecule has 0 amide bonds. The van der Waals surface area contributed by atoms with Crippen molar-refractivity contribution in [1.29, 1.82) is 0 Å². The average molecular weight is 472 g/mol. The van der Waals surface area contributed by atoms with Gasteiger partial charge < -0.3 is 9.53 Å². The highest BCUT2D eigenvalue weighted by Gasteiger charge is 2.35. The number of fused-ring (bicyclic) bond motifs is 1. The van der Waals surface area contributed by atoms with Crippen LogP contribution in [0.1, 0.15) is 25.3 Å². The van der Waals surface area contributed by atoms with E-state index in [1.54, 1.807) is 37.3 Å². The van der Waals surface area contributed by atoms with E-state index in [9.17, 15) is 22.0 Å². The zero-order valence-electron chi connectivity index (χ0n) is 18.2. The molecule has 3 aromatic carbocycles. The van der Waals surface area contributed by atoms with Crippen LogP contribution < -0.4 is 9.04 Å². The molecule has 33 heavy (non-hydrogen) atoms. The maximum Gasteiger partial charge on any atom is 0.264 e. The van der Waals surface area contributed by atoms with E-state index < -0.39 is 27.8 Å². The molecule has 0 fully saturated rings. The number of aryl methyl sites for hydroxylation is 1. The zero-order valence-corrected chi connectivity index (χ0v) is 19.0. The molecule has 3 aromatic rings. The van der Waals surface area contributed by atoms with Crippen LogP contribution in [0.3, 0.4) is 0 Å². The Kier molecular flexibility index (Phi) is 6.21. The van der Waals surface area contributed by atoms with Gasteiger partial charge in [0.25, 0.3) is 10.0 Å². The molecule has 8 heteroatoms. The summed E-state index contributed by atoms with van der Waals surface area (Å²) in [5.74, 6) is -0.949. The number of rotatable bonds is 6. The van der Waals surface area contributed by atoms with E-state index in [4.69, 9.17) is 4.74 Å². The van der Waals surface area contributed by atoms with Gasteiger partial charge in [-0.15, -0.1) is 0 Å². The van der Waals surface area contributed by atoms with E-state index in [1.807, 2.05) is 0 Å². The summed E-state index contributed by atoms with van der Waals surface area (Å²) in [6, 6.07) is 14.3. The van der Waals surface area contributed by atoms with Gasteiger partial charge in [0.2, 0.25) is 0 Å². The highest BCUT2D eigenvalue weighted by molar-refractivity contribution is 7.92. The number of hydrogen-bond donors (Lipinski definition) is 0. The molecule has 0 bridgehead atoms. The van der Waals surface area contributed by atoms with E-state index in [0.29, 0.717) is 17.7 Å². The molecule has 4 rings (SSSR count). The number of nitrogens with zero attached hydrogens (tertiary/aromatic N) is 1. The number of carbonyl (C=O) groups excluding carboxylic acids is 1. The molecule has 1 aliphatic heterocycles. The van der Waals surface area contributed by atoms with Gasteiger partial charge in [0, 0.05) is 12.0 Å². The lowest BCUT2D eigenvalue weighted by molar-refractivity contribution is -0.117. The third-order valence-corrected chi connectivity index (χ3v) is 7.30. The summed E-state index contributed by atoms with van der Waals surface area (Å²) < 4.78 is 62.6. The van der Waals surface area contributed by atoms with Crippen LogP contribution in [0.15, 0.2) is 65.6 Å². The SMILES string of the molecule is CC(=O)CC[C@H]1CN(S(=O)(=O)c2cccc(C)c2)c2cc(-c3cc(F)ccc3F)ccc2O1. The monoisotopic (exact) mass is 471 g/mol. The minimum atomic E-state index is -3.99. The first-order valence-corrected chi connectivity index (χ1v) is 11.9. The molecule has 172 valence electrons. The Morgan fingerprint density at radius 2 is 1.88 bits per heavy atom. The van der Waals surface area contributed by atoms with Gasteiger partial charge in [0.05, 0.1) is 17.1 Å². The topological polar surface area (TPSA) is 63.7 Å². The van der Waals surface area contributed by atoms with Crippen molar-refractivity contribution in [1.82, 2.24) is 0 Å². The Hall–Kier alpha value is -3.26. The van der Waals surface area contributed by atoms with E-state index in [1.165, 1.54) is 23.4 Å². The van der Waals surface area contributed by atoms with Gasteiger partial charge in [0.1, 0.15) is 29.3 Å². The zero-order chi connectivity index (χ0) is 23.8. The second-order valence-electron chi connectivity index (χ2n) is 8.14. The van der Waals surface area contributed by atoms with Crippen LogP contribution in [0.25, 0.3) is 11.1 Å². The minimum absolute atomic E-state index is 0.00829. The van der Waals surface area contributed by atoms with Crippen LogP contribution >= 0.6 is 0 Å². The van der Waals surface area contributed by atoms with Crippen molar-refractivity contribution < 1.29 is 26.7 Å². The maximum atomic E-state index is 14.4. The van der Waals surface area contributed by atoms with Crippen LogP contribution in [0.5, 0.6) is 5.75 Å². The van der Waals surface area contributed by atoms with E-state index in [-0.39, 0.29) is 34.9 Å². The fraction of sp³-hybridized carbons (Fsp3) is 0.240. The van der Waals surface area contributed by atoms with Crippen molar-refractivity contribution in [2.24, 2.45) is 0 Å². The molecular weight excluding hydrogens is 448 g/mol. The number of hydrogen-bond acceptors (Lipinski definition) is 4. The van der Waals surface area contributed by atoms with Gasteiger partial charge >= 0.3 is 0 Å². The first kappa shape index (κ1) is 22.9. The number of Topliss-reactive ketones (excluding diaryl/α,β-unsaturated/α-hetero) is 1. The number of ether oxygens (including phenoxy) is 1. The van der Waals surface area contributed by atoms with Gasteiger partial charge in [-0.2, -0.15) is 0 Å². The molecule has 5 nitrogen and oxygen atoms in total. The fourth-order valence-corrected chi connectivity index (χ4v) is 5.45. The standard InChI is InChI=1S/C25H23F2NO4S/c1-16-4-3-5-21(12-16)33(30,31)28-15-20(9-6-17(2)29)32-25-11-7-18(13-24(25)28)22-14-19(26)8-10-23(22)27/h3-5,7-8,10-14,20H,6,9,15H2,1-2H3/t20-/m0/s1. The van der Waals surface area contributed by atoms with Crippen LogP contribution in [0, 0.1) is 18.6 Å². The highest BCUT2D eigenvalue weighted by atomic mass is 32.2. The van der Waals surface area contributed by atoms with Crippen molar-refractivity contribution in [3.05, 3.63) is 77.9 Å². The summed E-state index contributed by atoms with van der Waals surface area (Å²) in [6.07, 6.45) is 0.0810. The molecule has 0 spiro atoms. The fourth-order valence-electron chi connectivity index (χ4n) is 3.84. The molecule has 0 saturated heterocycles. The molecular formula is C25H23F2NO4S. The summed E-state index contributed by atoms with van der Waals surface area (Å²) in [7, 11) is -3.99. The van der Waals surface area contributed by atoms with Gasteiger partial charge in [-0.3, -0.25) is 4.31 Å². The van der Waals surface area contributed by atoms with Crippen molar-refractivity contribution in [2.75, 3.05) is 10.8 Å². The summed E-state index contributed by atoms with van der Waals surface area (Å²) in [6.45, 7) is 3.26. The maximum absolute atomic E-state index is 14.4. The van der Waals surface area contributed by atoms with Gasteiger partial charge in [0.15, 0.2) is 0 Å². The van der Waals surface area contributed by atoms with E-state index in [2.05, 4.69) is 0 Å². The Balaban J connectivity index is 1.82. The van der Waals surface area contributed by atoms with Crippen LogP contribution in [-0.2, 0) is 14.8 Å². The smallest absolute Gasteiger partial charge is 0.264 e. The van der Waals surface area contributed by atoms with Crippen molar-refractivity contribution in [2.45, 2.75) is 37.7 Å². The molecule has 0 aromatic heterocycles. The first-order chi connectivity index (χ1) is 15.6. The Morgan fingerprint density at radius 3 is 2.61 bits per heavy atom. The average Bonchev–Trinajstić information content (AvgIpc) is 2.78. The van der Waals surface area contributed by atoms with Gasteiger partial charge in [-0.1, -0.05) is 18.2 Å². The summed E-state index contributed by atoms with van der Waals surface area (Å²) in [5.41, 5.74) is 1.36. The summed E-state index contributed by atoms with van der Waals surface area (Å²) in [4.78, 5) is 11.6. The normalized spacial score (nSPS) is 15.6. The molecule has 1 aliphatic rings. The van der Waals surface area contributed by atoms with Gasteiger partial charge in [-0.05, 0) is 73.9 Å². The predicted octanol–water partition coefficient (Wildman–Crippen LogP) is 5.27. The van der Waals surface area contributed by atoms with Crippen LogP contribution in [0.4, 0.5) is 14.5 Å². The Morgan fingerprint density at radius 1 is 1.09 bits per heavy atom. The number of carbonyl (C=O) groups is 1. The minimum Gasteiger partial charge on any atom is -0.486 e. The Labute approximate surface area is 191 Å². The predicted molar refractivity (Wildman–Crippen MR) is 122 cm³/mol. The molecule has 0 N–H and O–H groups in total. The molecule has 1 heterocycles. The molecule has 0 saturated carbocycles. The van der Waals surface area contributed by atoms with Crippen molar-refractivity contribution in [3.63, 3.8) is 0 Å². The molecule has 0 radical (unpaired) electrons. The summed E-state index contributed by atoms with van der Waals surface area (Å²) >= 11 is 0. The Bertz CT molecular complexity index is 1320.